The van der Waals surface area contributed by atoms with Gasteiger partial charge in [0.05, 0.1) is 5.52 Å². The van der Waals surface area contributed by atoms with E-state index in [4.69, 9.17) is 0 Å². The molecule has 13 heavy (non-hydrogen) atoms. The standard InChI is InChI=1S/C7H7N3O2S/c11-13(12)10-7-5-3-1-2-4-6(5)8-9-7/h1-4,13H,(H2,8,9,10,11,12). The van der Waals surface area contributed by atoms with Gasteiger partial charge in [-0.1, -0.05) is 12.1 Å². The molecule has 1 aromatic heterocycles. The lowest BCUT2D eigenvalue weighted by molar-refractivity contribution is 0.619. The number of hydrogen-bond acceptors (Lipinski definition) is 3. The van der Waals surface area contributed by atoms with E-state index in [1.165, 1.54) is 0 Å². The molecule has 6 heteroatoms. The van der Waals surface area contributed by atoms with Gasteiger partial charge in [0, 0.05) is 5.39 Å². The zero-order chi connectivity index (χ0) is 9.26. The van der Waals surface area contributed by atoms with Crippen molar-refractivity contribution in [2.75, 3.05) is 4.72 Å². The first-order valence-electron chi connectivity index (χ1n) is 3.61. The summed E-state index contributed by atoms with van der Waals surface area (Å²) in [6.07, 6.45) is 0. The third-order valence-electron chi connectivity index (χ3n) is 1.67. The molecule has 0 aliphatic heterocycles. The zero-order valence-electron chi connectivity index (χ0n) is 6.52. The summed E-state index contributed by atoms with van der Waals surface area (Å²) in [6.45, 7) is 0. The van der Waals surface area contributed by atoms with Crippen LogP contribution in [0.3, 0.4) is 0 Å². The molecule has 0 aliphatic carbocycles. The number of anilines is 1. The number of nitrogens with one attached hydrogen (secondary N) is 2. The molecule has 0 amide bonds. The van der Waals surface area contributed by atoms with Gasteiger partial charge in [-0.05, 0) is 12.1 Å². The summed E-state index contributed by atoms with van der Waals surface area (Å²) in [4.78, 5) is 0. The fourth-order valence-electron chi connectivity index (χ4n) is 1.14. The van der Waals surface area contributed by atoms with Crippen LogP contribution in [0.15, 0.2) is 24.3 Å². The van der Waals surface area contributed by atoms with Crippen LogP contribution < -0.4 is 4.72 Å². The van der Waals surface area contributed by atoms with Crippen LogP contribution in [-0.4, -0.2) is 18.6 Å². The second kappa shape index (κ2) is 3.06. The lowest BCUT2D eigenvalue weighted by Crippen LogP contribution is -1.95. The van der Waals surface area contributed by atoms with Gasteiger partial charge in [0.25, 0.3) is 0 Å². The van der Waals surface area contributed by atoms with Gasteiger partial charge < -0.3 is 0 Å². The second-order valence-corrected chi connectivity index (χ2v) is 3.22. The molecule has 1 heterocycles. The fraction of sp³-hybridized carbons (Fsp3) is 0. The lowest BCUT2D eigenvalue weighted by atomic mass is 10.2. The second-order valence-electron chi connectivity index (χ2n) is 2.49. The van der Waals surface area contributed by atoms with Crippen molar-refractivity contribution in [2.45, 2.75) is 0 Å². The largest absolute Gasteiger partial charge is 0.276 e. The Balaban J connectivity index is 2.57. The molecular weight excluding hydrogens is 190 g/mol. The first-order chi connectivity index (χ1) is 6.27. The highest BCUT2D eigenvalue weighted by molar-refractivity contribution is 7.73. The van der Waals surface area contributed by atoms with Crippen molar-refractivity contribution in [2.24, 2.45) is 0 Å². The molecule has 0 saturated carbocycles. The monoisotopic (exact) mass is 197 g/mol. The molecule has 0 fully saturated rings. The van der Waals surface area contributed by atoms with Crippen molar-refractivity contribution in [3.05, 3.63) is 24.3 Å². The minimum atomic E-state index is -2.66. The average Bonchev–Trinajstić information content (AvgIpc) is 2.48. The summed E-state index contributed by atoms with van der Waals surface area (Å²) in [5.41, 5.74) is 0.807. The molecular formula is C7H7N3O2S. The van der Waals surface area contributed by atoms with Crippen LogP contribution in [0.25, 0.3) is 10.9 Å². The summed E-state index contributed by atoms with van der Waals surface area (Å²) in [7, 11) is -2.66. The predicted molar refractivity (Wildman–Crippen MR) is 50.0 cm³/mol. The van der Waals surface area contributed by atoms with Gasteiger partial charge >= 0.3 is 0 Å². The minimum Gasteiger partial charge on any atom is -0.276 e. The maximum Gasteiger partial charge on any atom is 0.223 e. The van der Waals surface area contributed by atoms with Crippen molar-refractivity contribution in [3.8, 4) is 0 Å². The molecule has 0 saturated heterocycles. The topological polar surface area (TPSA) is 74.8 Å². The van der Waals surface area contributed by atoms with E-state index in [9.17, 15) is 8.42 Å². The van der Waals surface area contributed by atoms with E-state index in [-0.39, 0.29) is 0 Å². The van der Waals surface area contributed by atoms with Crippen LogP contribution in [0.4, 0.5) is 5.82 Å². The molecule has 0 aliphatic rings. The van der Waals surface area contributed by atoms with Crippen molar-refractivity contribution < 1.29 is 8.42 Å². The SMILES string of the molecule is O=[SH](=O)Nc1n[nH]c2ccccc12. The van der Waals surface area contributed by atoms with E-state index >= 15 is 0 Å². The van der Waals surface area contributed by atoms with E-state index in [0.717, 1.165) is 10.9 Å². The van der Waals surface area contributed by atoms with Crippen molar-refractivity contribution in [3.63, 3.8) is 0 Å². The molecule has 0 radical (unpaired) electrons. The number of benzene rings is 1. The molecule has 0 atom stereocenters. The van der Waals surface area contributed by atoms with Crippen LogP contribution in [0.5, 0.6) is 0 Å². The summed E-state index contributed by atoms with van der Waals surface area (Å²) >= 11 is 0. The molecule has 0 bridgehead atoms. The summed E-state index contributed by atoms with van der Waals surface area (Å²) in [5, 5.41) is 7.29. The molecule has 2 rings (SSSR count). The minimum absolute atomic E-state index is 0.340. The van der Waals surface area contributed by atoms with Crippen LogP contribution in [0, 0.1) is 0 Å². The number of H-pyrrole nitrogens is 1. The Kier molecular flexibility index (Phi) is 1.90. The van der Waals surface area contributed by atoms with Crippen LogP contribution >= 0.6 is 0 Å². The van der Waals surface area contributed by atoms with Crippen molar-refractivity contribution in [1.29, 1.82) is 0 Å². The third kappa shape index (κ3) is 1.48. The summed E-state index contributed by atoms with van der Waals surface area (Å²) in [5.74, 6) is 0.340. The van der Waals surface area contributed by atoms with Crippen molar-refractivity contribution in [1.82, 2.24) is 10.2 Å². The van der Waals surface area contributed by atoms with Gasteiger partial charge in [-0.15, -0.1) is 0 Å². The Bertz CT molecular complexity index is 495. The van der Waals surface area contributed by atoms with Crippen molar-refractivity contribution >= 4 is 27.6 Å². The third-order valence-corrected chi connectivity index (χ3v) is 2.06. The lowest BCUT2D eigenvalue weighted by Gasteiger charge is -1.91. The number of para-hydroxylation sites is 1. The van der Waals surface area contributed by atoms with Gasteiger partial charge in [-0.25, -0.2) is 8.42 Å². The molecule has 1 aromatic carbocycles. The van der Waals surface area contributed by atoms with E-state index < -0.39 is 10.9 Å². The molecule has 2 N–H and O–H groups in total. The number of fused-ring (bicyclic) bond motifs is 1. The Morgan fingerprint density at radius 1 is 1.31 bits per heavy atom. The normalized spacial score (nSPS) is 10.8. The smallest absolute Gasteiger partial charge is 0.223 e. The summed E-state index contributed by atoms with van der Waals surface area (Å²) in [6, 6.07) is 7.29. The number of thiol groups is 1. The Labute approximate surface area is 75.9 Å². The van der Waals surface area contributed by atoms with Gasteiger partial charge in [-0.2, -0.15) is 5.10 Å². The van der Waals surface area contributed by atoms with E-state index in [1.54, 1.807) is 6.07 Å². The Morgan fingerprint density at radius 2 is 2.08 bits per heavy atom. The van der Waals surface area contributed by atoms with Crippen LogP contribution in [0.1, 0.15) is 0 Å². The van der Waals surface area contributed by atoms with Gasteiger partial charge in [0.15, 0.2) is 5.82 Å². The molecule has 2 aromatic rings. The summed E-state index contributed by atoms with van der Waals surface area (Å²) < 4.78 is 23.0. The van der Waals surface area contributed by atoms with Gasteiger partial charge in [0.2, 0.25) is 10.9 Å². The highest BCUT2D eigenvalue weighted by Crippen LogP contribution is 2.18. The quantitative estimate of drug-likeness (QED) is 0.614. The van der Waals surface area contributed by atoms with E-state index in [0.29, 0.717) is 5.82 Å². The molecule has 68 valence electrons. The molecule has 0 spiro atoms. The maximum atomic E-state index is 10.4. The van der Waals surface area contributed by atoms with Crippen LogP contribution in [-0.2, 0) is 10.9 Å². The number of nitrogens with zero attached hydrogens (tertiary/aromatic N) is 1. The predicted octanol–water partition coefficient (Wildman–Crippen LogP) is 0.501. The Hall–Kier alpha value is -1.56. The highest BCUT2D eigenvalue weighted by Gasteiger charge is 2.03. The number of aromatic amines is 1. The molecule has 0 unspecified atom stereocenters. The Morgan fingerprint density at radius 3 is 2.85 bits per heavy atom. The maximum absolute atomic E-state index is 10.4. The highest BCUT2D eigenvalue weighted by atomic mass is 32.2. The zero-order valence-corrected chi connectivity index (χ0v) is 7.41. The van der Waals surface area contributed by atoms with Gasteiger partial charge in [0.1, 0.15) is 0 Å². The number of rotatable bonds is 2. The fourth-order valence-corrected chi connectivity index (χ4v) is 1.48. The number of aromatic nitrogens is 2. The first kappa shape index (κ1) is 8.06. The average molecular weight is 197 g/mol. The number of hydrogen-bond donors (Lipinski definition) is 3. The first-order valence-corrected chi connectivity index (χ1v) is 4.79. The van der Waals surface area contributed by atoms with E-state index in [2.05, 4.69) is 14.9 Å². The van der Waals surface area contributed by atoms with E-state index in [1.807, 2.05) is 18.2 Å². The van der Waals surface area contributed by atoms with Crippen LogP contribution in [0.2, 0.25) is 0 Å². The molecule has 5 nitrogen and oxygen atoms in total. The van der Waals surface area contributed by atoms with Gasteiger partial charge in [-0.3, -0.25) is 9.82 Å².